The average molecular weight is 435 g/mol. The van der Waals surface area contributed by atoms with Crippen LogP contribution in [0.4, 0.5) is 0 Å². The first-order valence-electron chi connectivity index (χ1n) is 7.25. The molecule has 1 N–H and O–H groups in total. The maximum atomic E-state index is 10.8. The molecule has 0 spiro atoms. The summed E-state index contributed by atoms with van der Waals surface area (Å²) in [6.07, 6.45) is -0.901. The summed E-state index contributed by atoms with van der Waals surface area (Å²) in [5, 5.41) is 9.89. The lowest BCUT2D eigenvalue weighted by molar-refractivity contribution is -0.144. The van der Waals surface area contributed by atoms with Gasteiger partial charge in [-0.15, -0.1) is 0 Å². The molecule has 1 atom stereocenters. The number of ether oxygens (including phenoxy) is 2. The molecule has 0 saturated heterocycles. The number of carbonyl (C=O) groups is 1. The normalized spacial score (nSPS) is 11.9. The number of carboxylic acids is 1. The van der Waals surface area contributed by atoms with Crippen molar-refractivity contribution in [2.24, 2.45) is 0 Å². The van der Waals surface area contributed by atoms with Crippen molar-refractivity contribution < 1.29 is 19.4 Å². The van der Waals surface area contributed by atoms with Crippen LogP contribution in [0.2, 0.25) is 0 Å². The van der Waals surface area contributed by atoms with Gasteiger partial charge in [-0.2, -0.15) is 0 Å². The third kappa shape index (κ3) is 3.94. The Bertz CT molecular complexity index is 880. The first-order chi connectivity index (χ1) is 11.5. The Morgan fingerprint density at radius 3 is 2.46 bits per heavy atom. The van der Waals surface area contributed by atoms with E-state index >= 15 is 0 Å². The molecule has 0 fully saturated rings. The van der Waals surface area contributed by atoms with Gasteiger partial charge < -0.3 is 14.6 Å². The minimum atomic E-state index is -1.01. The van der Waals surface area contributed by atoms with Gasteiger partial charge in [-0.3, -0.25) is 0 Å². The number of hydrogen-bond donors (Lipinski definition) is 1. The maximum Gasteiger partial charge on any atom is 0.344 e. The molecule has 0 amide bonds. The fourth-order valence-corrected chi connectivity index (χ4v) is 2.56. The SMILES string of the molecule is C[C@H](Oc1ccc(Oc2ccc3ccc(I)cc3n2)cc1)C(=O)O. The highest BCUT2D eigenvalue weighted by Gasteiger charge is 2.12. The zero-order valence-electron chi connectivity index (χ0n) is 12.8. The molecule has 3 rings (SSSR count). The summed E-state index contributed by atoms with van der Waals surface area (Å²) < 4.78 is 12.1. The van der Waals surface area contributed by atoms with E-state index in [9.17, 15) is 4.79 Å². The Labute approximate surface area is 152 Å². The van der Waals surface area contributed by atoms with Gasteiger partial charge in [0, 0.05) is 15.0 Å². The standard InChI is InChI=1S/C18H14INO4/c1-11(18(21)22)23-14-5-7-15(8-6-14)24-17-9-3-12-2-4-13(19)10-16(12)20-17/h2-11H,1H3,(H,21,22)/t11-/m0/s1. The third-order valence-electron chi connectivity index (χ3n) is 3.34. The van der Waals surface area contributed by atoms with Crippen LogP contribution in [0.15, 0.2) is 54.6 Å². The van der Waals surface area contributed by atoms with Gasteiger partial charge in [0.1, 0.15) is 11.5 Å². The molecule has 5 nitrogen and oxygen atoms in total. The van der Waals surface area contributed by atoms with Crippen molar-refractivity contribution >= 4 is 39.5 Å². The second kappa shape index (κ2) is 7.04. The Hall–Kier alpha value is -2.35. The van der Waals surface area contributed by atoms with E-state index in [-0.39, 0.29) is 0 Å². The molecule has 24 heavy (non-hydrogen) atoms. The van der Waals surface area contributed by atoms with Crippen molar-refractivity contribution in [1.29, 1.82) is 0 Å². The lowest BCUT2D eigenvalue weighted by atomic mass is 10.2. The van der Waals surface area contributed by atoms with Crippen molar-refractivity contribution in [3.63, 3.8) is 0 Å². The molecule has 3 aromatic rings. The predicted molar refractivity (Wildman–Crippen MR) is 98.7 cm³/mol. The van der Waals surface area contributed by atoms with Crippen LogP contribution >= 0.6 is 22.6 Å². The molecule has 0 saturated carbocycles. The van der Waals surface area contributed by atoms with Gasteiger partial charge in [-0.1, -0.05) is 6.07 Å². The highest BCUT2D eigenvalue weighted by atomic mass is 127. The summed E-state index contributed by atoms with van der Waals surface area (Å²) in [7, 11) is 0. The van der Waals surface area contributed by atoms with Gasteiger partial charge >= 0.3 is 5.97 Å². The largest absolute Gasteiger partial charge is 0.479 e. The number of rotatable bonds is 5. The van der Waals surface area contributed by atoms with Crippen LogP contribution < -0.4 is 9.47 Å². The lowest BCUT2D eigenvalue weighted by Gasteiger charge is -2.11. The van der Waals surface area contributed by atoms with Gasteiger partial charge in [0.15, 0.2) is 6.10 Å². The van der Waals surface area contributed by atoms with E-state index in [4.69, 9.17) is 14.6 Å². The molecule has 122 valence electrons. The van der Waals surface area contributed by atoms with Crippen molar-refractivity contribution in [3.05, 3.63) is 58.2 Å². The topological polar surface area (TPSA) is 68.7 Å². The molecule has 1 heterocycles. The molecular formula is C18H14INO4. The number of aliphatic carboxylic acids is 1. The highest BCUT2D eigenvalue weighted by molar-refractivity contribution is 14.1. The van der Waals surface area contributed by atoms with Crippen LogP contribution in [0.1, 0.15) is 6.92 Å². The number of fused-ring (bicyclic) bond motifs is 1. The van der Waals surface area contributed by atoms with Crippen molar-refractivity contribution in [3.8, 4) is 17.4 Å². The Morgan fingerprint density at radius 1 is 1.08 bits per heavy atom. The van der Waals surface area contributed by atoms with Gasteiger partial charge in [0.05, 0.1) is 5.52 Å². The summed E-state index contributed by atoms with van der Waals surface area (Å²) >= 11 is 2.24. The molecule has 1 aromatic heterocycles. The third-order valence-corrected chi connectivity index (χ3v) is 4.01. The summed E-state index contributed by atoms with van der Waals surface area (Å²) in [5.41, 5.74) is 0.870. The number of pyridine rings is 1. The fraction of sp³-hybridized carbons (Fsp3) is 0.111. The van der Waals surface area contributed by atoms with Crippen LogP contribution in [0, 0.1) is 3.57 Å². The zero-order chi connectivity index (χ0) is 17.1. The summed E-state index contributed by atoms with van der Waals surface area (Å²) in [6, 6.07) is 16.6. The van der Waals surface area contributed by atoms with E-state index in [2.05, 4.69) is 27.6 Å². The predicted octanol–water partition coefficient (Wildman–Crippen LogP) is 4.48. The van der Waals surface area contributed by atoms with E-state index in [1.165, 1.54) is 6.92 Å². The number of nitrogens with zero attached hydrogens (tertiary/aromatic N) is 1. The quantitative estimate of drug-likeness (QED) is 0.599. The van der Waals surface area contributed by atoms with Gasteiger partial charge in [-0.25, -0.2) is 9.78 Å². The van der Waals surface area contributed by atoms with Crippen molar-refractivity contribution in [2.75, 3.05) is 0 Å². The average Bonchev–Trinajstić information content (AvgIpc) is 2.56. The Kier molecular flexibility index (Phi) is 4.84. The molecule has 2 aromatic carbocycles. The zero-order valence-corrected chi connectivity index (χ0v) is 14.9. The van der Waals surface area contributed by atoms with Crippen LogP contribution in [0.25, 0.3) is 10.9 Å². The Morgan fingerprint density at radius 2 is 1.75 bits per heavy atom. The van der Waals surface area contributed by atoms with E-state index in [1.54, 1.807) is 24.3 Å². The van der Waals surface area contributed by atoms with Crippen LogP contribution in [0.3, 0.4) is 0 Å². The molecule has 0 aliphatic rings. The molecule has 0 aliphatic heterocycles. The van der Waals surface area contributed by atoms with Gasteiger partial charge in [0.25, 0.3) is 0 Å². The van der Waals surface area contributed by atoms with Crippen LogP contribution in [0.5, 0.6) is 17.4 Å². The van der Waals surface area contributed by atoms with Crippen molar-refractivity contribution in [1.82, 2.24) is 4.98 Å². The second-order valence-electron chi connectivity index (χ2n) is 5.16. The summed E-state index contributed by atoms with van der Waals surface area (Å²) in [5.74, 6) is 0.559. The summed E-state index contributed by atoms with van der Waals surface area (Å²) in [4.78, 5) is 15.3. The molecular weight excluding hydrogens is 421 g/mol. The monoisotopic (exact) mass is 435 g/mol. The lowest BCUT2D eigenvalue weighted by Crippen LogP contribution is -2.22. The van der Waals surface area contributed by atoms with Gasteiger partial charge in [-0.05, 0) is 72.0 Å². The number of hydrogen-bond acceptors (Lipinski definition) is 4. The number of halogens is 1. The minimum Gasteiger partial charge on any atom is -0.479 e. The van der Waals surface area contributed by atoms with E-state index < -0.39 is 12.1 Å². The molecule has 6 heteroatoms. The first kappa shape index (κ1) is 16.5. The molecule has 0 bridgehead atoms. The number of aromatic nitrogens is 1. The molecule has 0 radical (unpaired) electrons. The number of benzene rings is 2. The maximum absolute atomic E-state index is 10.8. The highest BCUT2D eigenvalue weighted by Crippen LogP contribution is 2.25. The first-order valence-corrected chi connectivity index (χ1v) is 8.33. The Balaban J connectivity index is 1.75. The summed E-state index contributed by atoms with van der Waals surface area (Å²) in [6.45, 7) is 1.48. The number of carboxylic acid groups (broad SMARTS) is 1. The van der Waals surface area contributed by atoms with E-state index in [0.29, 0.717) is 17.4 Å². The second-order valence-corrected chi connectivity index (χ2v) is 6.40. The van der Waals surface area contributed by atoms with Gasteiger partial charge in [0.2, 0.25) is 5.88 Å². The smallest absolute Gasteiger partial charge is 0.344 e. The van der Waals surface area contributed by atoms with Crippen LogP contribution in [-0.4, -0.2) is 22.2 Å². The molecule has 0 unspecified atom stereocenters. The van der Waals surface area contributed by atoms with Crippen molar-refractivity contribution in [2.45, 2.75) is 13.0 Å². The van der Waals surface area contributed by atoms with E-state index in [1.807, 2.05) is 30.3 Å². The van der Waals surface area contributed by atoms with E-state index in [0.717, 1.165) is 14.5 Å². The van der Waals surface area contributed by atoms with Crippen LogP contribution in [-0.2, 0) is 4.79 Å². The minimum absolute atomic E-state index is 0.471. The molecule has 0 aliphatic carbocycles. The fourth-order valence-electron chi connectivity index (χ4n) is 2.09.